The van der Waals surface area contributed by atoms with Crippen LogP contribution in [0.25, 0.3) is 0 Å². The molecule has 2 rings (SSSR count). The number of anilines is 1. The van der Waals surface area contributed by atoms with Gasteiger partial charge in [-0.15, -0.1) is 0 Å². The average molecular weight is 322 g/mol. The van der Waals surface area contributed by atoms with E-state index in [-0.39, 0.29) is 10.8 Å². The molecule has 1 atom stereocenters. The summed E-state index contributed by atoms with van der Waals surface area (Å²) in [5.41, 5.74) is 0.199. The van der Waals surface area contributed by atoms with Gasteiger partial charge in [-0.3, -0.25) is 8.93 Å². The average Bonchev–Trinajstić information content (AvgIpc) is 2.81. The Kier molecular flexibility index (Phi) is 4.17. The third kappa shape index (κ3) is 3.29. The van der Waals surface area contributed by atoms with Crippen LogP contribution < -0.4 is 4.72 Å². The van der Waals surface area contributed by atoms with Crippen molar-refractivity contribution >= 4 is 38.1 Å². The number of sulfonamides is 1. The number of hydrogen-bond donors (Lipinski definition) is 1. The van der Waals surface area contributed by atoms with Crippen LogP contribution in [-0.4, -0.2) is 25.5 Å². The Morgan fingerprint density at radius 3 is 2.74 bits per heavy atom. The molecule has 8 heteroatoms. The van der Waals surface area contributed by atoms with E-state index in [0.717, 1.165) is 0 Å². The zero-order chi connectivity index (χ0) is 14.0. The summed E-state index contributed by atoms with van der Waals surface area (Å²) in [7, 11) is -5.12. The first-order valence-electron chi connectivity index (χ1n) is 5.39. The summed E-state index contributed by atoms with van der Waals surface area (Å²) in [4.78, 5) is 0.367. The molecule has 1 heterocycles. The second-order valence-corrected chi connectivity index (χ2v) is 7.26. The fraction of sp³-hybridized carbons (Fsp3) is 0.273. The zero-order valence-corrected chi connectivity index (χ0v) is 12.4. The van der Waals surface area contributed by atoms with E-state index in [1.165, 1.54) is 24.5 Å². The molecule has 0 aliphatic carbocycles. The number of nitrogens with one attached hydrogen (secondary N) is 1. The molecule has 0 spiro atoms. The molecule has 0 fully saturated rings. The largest absolute Gasteiger partial charge is 0.482 e. The lowest BCUT2D eigenvalue weighted by Crippen LogP contribution is -2.16. The Bertz CT molecular complexity index is 655. The van der Waals surface area contributed by atoms with Crippen LogP contribution >= 0.6 is 11.6 Å². The molecule has 0 aromatic heterocycles. The van der Waals surface area contributed by atoms with Crippen molar-refractivity contribution in [2.24, 2.45) is 0 Å². The van der Waals surface area contributed by atoms with Gasteiger partial charge in [0.2, 0.25) is 5.09 Å². The van der Waals surface area contributed by atoms with E-state index in [2.05, 4.69) is 4.72 Å². The molecule has 0 saturated carbocycles. The minimum atomic E-state index is -3.79. The molecule has 104 valence electrons. The molecule has 0 radical (unpaired) electrons. The first kappa shape index (κ1) is 14.4. The van der Waals surface area contributed by atoms with Crippen LogP contribution in [0.2, 0.25) is 5.02 Å². The highest BCUT2D eigenvalue weighted by Crippen LogP contribution is 2.27. The van der Waals surface area contributed by atoms with E-state index >= 15 is 0 Å². The molecule has 0 amide bonds. The highest BCUT2D eigenvalue weighted by atomic mass is 35.5. The summed E-state index contributed by atoms with van der Waals surface area (Å²) in [6.45, 7) is 0.346. The maximum atomic E-state index is 12.0. The highest BCUT2D eigenvalue weighted by Gasteiger charge is 2.24. The molecule has 1 N–H and O–H groups in total. The quantitative estimate of drug-likeness (QED) is 0.921. The molecule has 1 unspecified atom stereocenters. The maximum Gasteiger partial charge on any atom is 0.294 e. The molecule has 5 nitrogen and oxygen atoms in total. The maximum absolute atomic E-state index is 12.0. The summed E-state index contributed by atoms with van der Waals surface area (Å²) in [6.07, 6.45) is 3.51. The molecule has 1 aromatic rings. The van der Waals surface area contributed by atoms with Crippen molar-refractivity contribution in [3.63, 3.8) is 0 Å². The van der Waals surface area contributed by atoms with Gasteiger partial charge in [0, 0.05) is 17.7 Å². The van der Waals surface area contributed by atoms with Gasteiger partial charge in [-0.05, 0) is 24.3 Å². The van der Waals surface area contributed by atoms with Gasteiger partial charge in [-0.2, -0.15) is 8.42 Å². The lowest BCUT2D eigenvalue weighted by atomic mass is 10.3. The SMILES string of the molecule is CS(=O)c1ccc(Cl)cc1NS(=O)(=O)C1=CCCO1. The summed E-state index contributed by atoms with van der Waals surface area (Å²) in [5, 5.41) is 0.244. The van der Waals surface area contributed by atoms with Gasteiger partial charge in [0.25, 0.3) is 10.0 Å². The van der Waals surface area contributed by atoms with Crippen LogP contribution in [0, 0.1) is 0 Å². The third-order valence-corrected chi connectivity index (χ3v) is 4.95. The Balaban J connectivity index is 2.38. The van der Waals surface area contributed by atoms with Crippen LogP contribution in [-0.2, 0) is 25.6 Å². The molecule has 1 aliphatic heterocycles. The van der Waals surface area contributed by atoms with Gasteiger partial charge in [0.05, 0.1) is 28.0 Å². The number of rotatable bonds is 4. The van der Waals surface area contributed by atoms with Gasteiger partial charge in [-0.25, -0.2) is 0 Å². The zero-order valence-electron chi connectivity index (χ0n) is 10.1. The topological polar surface area (TPSA) is 72.5 Å². The Morgan fingerprint density at radius 1 is 1.42 bits per heavy atom. The van der Waals surface area contributed by atoms with Crippen molar-refractivity contribution in [1.82, 2.24) is 0 Å². The second kappa shape index (κ2) is 5.52. The second-order valence-electron chi connectivity index (χ2n) is 3.86. The summed E-state index contributed by atoms with van der Waals surface area (Å²) >= 11 is 5.83. The number of benzene rings is 1. The van der Waals surface area contributed by atoms with Crippen LogP contribution in [0.15, 0.2) is 34.3 Å². The van der Waals surface area contributed by atoms with Crippen molar-refractivity contribution < 1.29 is 17.4 Å². The first-order valence-corrected chi connectivity index (χ1v) is 8.81. The van der Waals surface area contributed by atoms with Crippen molar-refractivity contribution in [1.29, 1.82) is 0 Å². The molecular weight excluding hydrogens is 310 g/mol. The lowest BCUT2D eigenvalue weighted by Gasteiger charge is -2.12. The van der Waals surface area contributed by atoms with Crippen molar-refractivity contribution in [3.05, 3.63) is 34.4 Å². The van der Waals surface area contributed by atoms with E-state index < -0.39 is 20.8 Å². The normalized spacial score (nSPS) is 16.6. The molecule has 1 aromatic carbocycles. The fourth-order valence-corrected chi connectivity index (χ4v) is 3.66. The lowest BCUT2D eigenvalue weighted by molar-refractivity contribution is 0.266. The van der Waals surface area contributed by atoms with E-state index in [9.17, 15) is 12.6 Å². The third-order valence-electron chi connectivity index (χ3n) is 2.43. The monoisotopic (exact) mass is 321 g/mol. The Labute approximate surface area is 119 Å². The molecule has 0 saturated heterocycles. The minimum Gasteiger partial charge on any atom is -0.482 e. The molecule has 19 heavy (non-hydrogen) atoms. The van der Waals surface area contributed by atoms with Crippen LogP contribution in [0.5, 0.6) is 0 Å². The summed E-state index contributed by atoms with van der Waals surface area (Å²) in [6, 6.07) is 4.51. The Hall–Kier alpha value is -1.05. The number of hydrogen-bond acceptors (Lipinski definition) is 4. The van der Waals surface area contributed by atoms with E-state index in [4.69, 9.17) is 16.3 Å². The van der Waals surface area contributed by atoms with E-state index in [1.807, 2.05) is 0 Å². The van der Waals surface area contributed by atoms with Gasteiger partial charge >= 0.3 is 0 Å². The smallest absolute Gasteiger partial charge is 0.294 e. The van der Waals surface area contributed by atoms with Crippen molar-refractivity contribution in [2.75, 3.05) is 17.6 Å². The van der Waals surface area contributed by atoms with E-state index in [0.29, 0.717) is 22.9 Å². The minimum absolute atomic E-state index is 0.111. The standard InChI is InChI=1S/C11H12ClNO4S2/c1-18(14)10-5-4-8(12)7-9(10)13-19(15,16)11-3-2-6-17-11/h3-5,7,13H,2,6H2,1H3. The van der Waals surface area contributed by atoms with Gasteiger partial charge in [0.15, 0.2) is 0 Å². The van der Waals surface area contributed by atoms with Gasteiger partial charge < -0.3 is 4.74 Å². The summed E-state index contributed by atoms with van der Waals surface area (Å²) in [5.74, 6) is 0. The first-order chi connectivity index (χ1) is 8.90. The van der Waals surface area contributed by atoms with Gasteiger partial charge in [-0.1, -0.05) is 11.6 Å². The van der Waals surface area contributed by atoms with Crippen molar-refractivity contribution in [3.8, 4) is 0 Å². The number of halogens is 1. The predicted molar refractivity (Wildman–Crippen MR) is 75.0 cm³/mol. The molecule has 1 aliphatic rings. The van der Waals surface area contributed by atoms with Crippen molar-refractivity contribution in [2.45, 2.75) is 11.3 Å². The number of ether oxygens (including phenoxy) is 1. The van der Waals surface area contributed by atoms with Crippen LogP contribution in [0.3, 0.4) is 0 Å². The fourth-order valence-electron chi connectivity index (χ4n) is 1.61. The summed E-state index contributed by atoms with van der Waals surface area (Å²) < 4.78 is 43.0. The molecular formula is C11H12ClNO4S2. The van der Waals surface area contributed by atoms with Crippen LogP contribution in [0.1, 0.15) is 6.42 Å². The predicted octanol–water partition coefficient (Wildman–Crippen LogP) is 2.08. The molecule has 0 bridgehead atoms. The Morgan fingerprint density at radius 2 is 2.16 bits per heavy atom. The van der Waals surface area contributed by atoms with Crippen LogP contribution in [0.4, 0.5) is 5.69 Å². The van der Waals surface area contributed by atoms with E-state index in [1.54, 1.807) is 6.07 Å². The highest BCUT2D eigenvalue weighted by molar-refractivity contribution is 7.96. The van der Waals surface area contributed by atoms with Gasteiger partial charge in [0.1, 0.15) is 0 Å².